The van der Waals surface area contributed by atoms with Gasteiger partial charge in [0.25, 0.3) is 0 Å². The van der Waals surface area contributed by atoms with Gasteiger partial charge in [-0.15, -0.1) is 0 Å². The van der Waals surface area contributed by atoms with Gasteiger partial charge in [0.1, 0.15) is 73.2 Å². The Morgan fingerprint density at radius 3 is 1.89 bits per heavy atom. The highest BCUT2D eigenvalue weighted by Gasteiger charge is 2.51. The van der Waals surface area contributed by atoms with Crippen molar-refractivity contribution in [3.63, 3.8) is 0 Å². The standard InChI is InChI=1S/C20H35NO16/c1-5(24)21-9-12(27)10(25)6(2-22)35-19(9)33-4-8-11(26)13(28)16(31)20(36-8)37-17-7(3-23)34-18(32)15(30)14(17)29/h6-20,22-23,25-32H,2-4H2,1H3,(H,21,24)/t6-,7-,8-,9-,10-,11+,12-,13+,14-,15-,16+,17-,18-,19-,20+/m1/s1. The molecule has 0 aliphatic carbocycles. The highest BCUT2D eigenvalue weighted by Crippen LogP contribution is 2.30. The van der Waals surface area contributed by atoms with Crippen LogP contribution in [0.3, 0.4) is 0 Å². The minimum Gasteiger partial charge on any atom is -0.394 e. The molecule has 3 fully saturated rings. The molecule has 0 unspecified atom stereocenters. The highest BCUT2D eigenvalue weighted by molar-refractivity contribution is 5.73. The minimum absolute atomic E-state index is 0.596. The molecular weight excluding hydrogens is 510 g/mol. The molecule has 0 aromatic heterocycles. The number of amides is 1. The van der Waals surface area contributed by atoms with Gasteiger partial charge in [0.15, 0.2) is 18.9 Å². The molecule has 3 heterocycles. The van der Waals surface area contributed by atoms with Crippen LogP contribution in [0.15, 0.2) is 0 Å². The topological polar surface area (TPSA) is 278 Å². The minimum atomic E-state index is -1.88. The molecule has 0 aromatic carbocycles. The molecule has 3 rings (SSSR count). The van der Waals surface area contributed by atoms with Gasteiger partial charge in [-0.3, -0.25) is 4.79 Å². The summed E-state index contributed by atoms with van der Waals surface area (Å²) in [5, 5.41) is 103. The van der Waals surface area contributed by atoms with Crippen LogP contribution in [-0.4, -0.2) is 169 Å². The lowest BCUT2D eigenvalue weighted by atomic mass is 9.96. The summed E-state index contributed by atoms with van der Waals surface area (Å²) in [6, 6.07) is -1.30. The van der Waals surface area contributed by atoms with E-state index in [1.807, 2.05) is 0 Å². The van der Waals surface area contributed by atoms with Crippen molar-refractivity contribution in [2.45, 2.75) is 99.0 Å². The molecule has 37 heavy (non-hydrogen) atoms. The zero-order valence-electron chi connectivity index (χ0n) is 19.7. The quantitative estimate of drug-likeness (QED) is 0.135. The van der Waals surface area contributed by atoms with Crippen molar-refractivity contribution in [3.8, 4) is 0 Å². The van der Waals surface area contributed by atoms with Crippen molar-refractivity contribution >= 4 is 5.91 Å². The molecule has 1 amide bonds. The summed E-state index contributed by atoms with van der Waals surface area (Å²) in [5.41, 5.74) is 0. The number of aliphatic hydroxyl groups is 10. The lowest BCUT2D eigenvalue weighted by Gasteiger charge is -2.46. The third kappa shape index (κ3) is 6.55. The molecule has 0 saturated carbocycles. The van der Waals surface area contributed by atoms with Crippen molar-refractivity contribution in [3.05, 3.63) is 0 Å². The van der Waals surface area contributed by atoms with E-state index in [1.54, 1.807) is 0 Å². The van der Waals surface area contributed by atoms with Gasteiger partial charge in [-0.25, -0.2) is 0 Å². The van der Waals surface area contributed by atoms with E-state index >= 15 is 0 Å². The van der Waals surface area contributed by atoms with E-state index in [0.717, 1.165) is 6.92 Å². The molecule has 3 saturated heterocycles. The number of rotatable bonds is 8. The first kappa shape index (κ1) is 30.4. The van der Waals surface area contributed by atoms with E-state index in [4.69, 9.17) is 23.7 Å². The monoisotopic (exact) mass is 545 g/mol. The first-order valence-corrected chi connectivity index (χ1v) is 11.6. The molecule has 3 aliphatic rings. The van der Waals surface area contributed by atoms with Gasteiger partial charge < -0.3 is 80.1 Å². The van der Waals surface area contributed by atoms with E-state index < -0.39 is 118 Å². The molecule has 3 aliphatic heterocycles. The van der Waals surface area contributed by atoms with Gasteiger partial charge >= 0.3 is 0 Å². The average molecular weight is 545 g/mol. The smallest absolute Gasteiger partial charge is 0.217 e. The molecule has 0 aromatic rings. The van der Waals surface area contributed by atoms with E-state index in [-0.39, 0.29) is 0 Å². The van der Waals surface area contributed by atoms with Gasteiger partial charge in [-0.2, -0.15) is 0 Å². The van der Waals surface area contributed by atoms with E-state index in [1.165, 1.54) is 0 Å². The fourth-order valence-corrected chi connectivity index (χ4v) is 4.36. The van der Waals surface area contributed by atoms with Crippen molar-refractivity contribution in [1.82, 2.24) is 5.32 Å². The summed E-state index contributed by atoms with van der Waals surface area (Å²) < 4.78 is 26.9. The number of ether oxygens (including phenoxy) is 5. The molecule has 15 atom stereocenters. The SMILES string of the molecule is CC(=O)N[C@H]1[C@H](OC[C@H]2O[C@@H](O[C@H]3[C@H](O)[C@@H](O)[C@H](O)O[C@@H]3CO)[C@@H](O)[C@@H](O)[C@H]2O)O[C@H](CO)[C@@H](O)[C@@H]1O. The Balaban J connectivity index is 1.71. The van der Waals surface area contributed by atoms with Crippen LogP contribution in [0.25, 0.3) is 0 Å². The first-order valence-electron chi connectivity index (χ1n) is 11.6. The molecule has 0 spiro atoms. The maximum Gasteiger partial charge on any atom is 0.217 e. The van der Waals surface area contributed by atoms with Crippen LogP contribution in [0.5, 0.6) is 0 Å². The third-order valence-corrected chi connectivity index (χ3v) is 6.47. The third-order valence-electron chi connectivity index (χ3n) is 6.47. The van der Waals surface area contributed by atoms with Crippen molar-refractivity contribution < 1.29 is 79.5 Å². The second-order valence-electron chi connectivity index (χ2n) is 9.11. The van der Waals surface area contributed by atoms with Crippen LogP contribution in [0.2, 0.25) is 0 Å². The number of nitrogens with one attached hydrogen (secondary N) is 1. The Morgan fingerprint density at radius 2 is 1.30 bits per heavy atom. The van der Waals surface area contributed by atoms with Crippen molar-refractivity contribution in [2.75, 3.05) is 19.8 Å². The van der Waals surface area contributed by atoms with Crippen LogP contribution in [0, 0.1) is 0 Å². The maximum absolute atomic E-state index is 11.6. The Morgan fingerprint density at radius 1 is 0.703 bits per heavy atom. The Hall–Kier alpha value is -1.13. The van der Waals surface area contributed by atoms with Gasteiger partial charge in [0.05, 0.1) is 19.8 Å². The van der Waals surface area contributed by atoms with Crippen LogP contribution >= 0.6 is 0 Å². The average Bonchev–Trinajstić information content (AvgIpc) is 2.86. The predicted molar refractivity (Wildman–Crippen MR) is 113 cm³/mol. The first-order chi connectivity index (χ1) is 17.4. The van der Waals surface area contributed by atoms with Crippen LogP contribution in [-0.2, 0) is 28.5 Å². The molecule has 17 heteroatoms. The molecule has 216 valence electrons. The van der Waals surface area contributed by atoms with Crippen LogP contribution in [0.4, 0.5) is 0 Å². The van der Waals surface area contributed by atoms with Gasteiger partial charge in [0, 0.05) is 6.92 Å². The second-order valence-corrected chi connectivity index (χ2v) is 9.11. The van der Waals surface area contributed by atoms with E-state index in [2.05, 4.69) is 5.32 Å². The molecule has 17 nitrogen and oxygen atoms in total. The zero-order valence-corrected chi connectivity index (χ0v) is 19.7. The maximum atomic E-state index is 11.6. The zero-order chi connectivity index (χ0) is 27.6. The largest absolute Gasteiger partial charge is 0.394 e. The summed E-state index contributed by atoms with van der Waals surface area (Å²) in [4.78, 5) is 11.6. The number of hydrogen-bond donors (Lipinski definition) is 11. The summed E-state index contributed by atoms with van der Waals surface area (Å²) in [7, 11) is 0. The number of hydrogen-bond acceptors (Lipinski definition) is 16. The fourth-order valence-electron chi connectivity index (χ4n) is 4.36. The number of carbonyl (C=O) groups is 1. The van der Waals surface area contributed by atoms with Gasteiger partial charge in [0.2, 0.25) is 5.91 Å². The summed E-state index contributed by atoms with van der Waals surface area (Å²) in [6.45, 7) is -0.926. The van der Waals surface area contributed by atoms with Gasteiger partial charge in [-0.05, 0) is 0 Å². The molecule has 11 N–H and O–H groups in total. The molecule has 0 bridgehead atoms. The molecule has 0 radical (unpaired) electrons. The lowest BCUT2D eigenvalue weighted by molar-refractivity contribution is -0.360. The van der Waals surface area contributed by atoms with Crippen LogP contribution in [0.1, 0.15) is 6.92 Å². The van der Waals surface area contributed by atoms with Crippen molar-refractivity contribution in [2.24, 2.45) is 0 Å². The van der Waals surface area contributed by atoms with Crippen molar-refractivity contribution in [1.29, 1.82) is 0 Å². The van der Waals surface area contributed by atoms with Crippen LogP contribution < -0.4 is 5.32 Å². The predicted octanol–water partition coefficient (Wildman–Crippen LogP) is -7.43. The lowest BCUT2D eigenvalue weighted by Crippen LogP contribution is -2.66. The second kappa shape index (κ2) is 12.8. The summed E-state index contributed by atoms with van der Waals surface area (Å²) in [5.74, 6) is -0.601. The summed E-state index contributed by atoms with van der Waals surface area (Å²) in [6.07, 6.45) is -23.0. The summed E-state index contributed by atoms with van der Waals surface area (Å²) >= 11 is 0. The van der Waals surface area contributed by atoms with E-state index in [9.17, 15) is 55.9 Å². The Labute approximate surface area is 210 Å². The van der Waals surface area contributed by atoms with E-state index in [0.29, 0.717) is 0 Å². The highest BCUT2D eigenvalue weighted by atomic mass is 16.7. The Kier molecular flexibility index (Phi) is 10.5. The number of aliphatic hydroxyl groups excluding tert-OH is 10. The van der Waals surface area contributed by atoms with Gasteiger partial charge in [-0.1, -0.05) is 0 Å². The fraction of sp³-hybridized carbons (Fsp3) is 0.950. The Bertz CT molecular complexity index is 745. The molecular formula is C20H35NO16. The number of carbonyl (C=O) groups excluding carboxylic acids is 1. The normalized spacial score (nSPS) is 49.0.